The maximum atomic E-state index is 14.0. The predicted molar refractivity (Wildman–Crippen MR) is 116 cm³/mol. The molecule has 7 nitrogen and oxygen atoms in total. The molecule has 1 fully saturated rings. The topological polar surface area (TPSA) is 82.2 Å². The van der Waals surface area contributed by atoms with Gasteiger partial charge in [-0.05, 0) is 31.0 Å². The minimum atomic E-state index is -0.245. The minimum absolute atomic E-state index is 0.0775. The molecule has 164 valence electrons. The number of pyridine rings is 1. The van der Waals surface area contributed by atoms with Crippen molar-refractivity contribution in [3.8, 4) is 0 Å². The molecule has 1 N–H and O–H groups in total. The molecule has 1 amide bonds. The first-order chi connectivity index (χ1) is 15.6. The predicted octanol–water partition coefficient (Wildman–Crippen LogP) is 2.84. The second-order valence-corrected chi connectivity index (χ2v) is 8.32. The van der Waals surface area contributed by atoms with Crippen molar-refractivity contribution >= 4 is 5.91 Å². The lowest BCUT2D eigenvalue weighted by Crippen LogP contribution is -2.38. The van der Waals surface area contributed by atoms with E-state index in [2.05, 4.69) is 14.9 Å². The van der Waals surface area contributed by atoms with Crippen molar-refractivity contribution in [1.29, 1.82) is 0 Å². The van der Waals surface area contributed by atoms with E-state index in [1.54, 1.807) is 41.6 Å². The highest BCUT2D eigenvalue weighted by molar-refractivity contribution is 5.94. The van der Waals surface area contributed by atoms with Gasteiger partial charge in [0.05, 0.1) is 17.3 Å². The van der Waals surface area contributed by atoms with E-state index in [0.717, 1.165) is 18.5 Å². The van der Waals surface area contributed by atoms with Crippen molar-refractivity contribution in [1.82, 2.24) is 24.8 Å². The van der Waals surface area contributed by atoms with Crippen LogP contribution in [-0.2, 0) is 19.5 Å². The number of carbonyl (C=O) groups is 1. The Morgan fingerprint density at radius 1 is 1.16 bits per heavy atom. The first-order valence-electron chi connectivity index (χ1n) is 10.9. The van der Waals surface area contributed by atoms with Gasteiger partial charge < -0.3 is 9.88 Å². The Morgan fingerprint density at radius 3 is 2.78 bits per heavy atom. The fraction of sp³-hybridized carbons (Fsp3) is 0.333. The number of rotatable bonds is 4. The van der Waals surface area contributed by atoms with E-state index in [0.29, 0.717) is 55.1 Å². The van der Waals surface area contributed by atoms with Crippen LogP contribution in [0.3, 0.4) is 0 Å². The van der Waals surface area contributed by atoms with E-state index in [1.165, 1.54) is 6.07 Å². The van der Waals surface area contributed by atoms with Gasteiger partial charge in [0.15, 0.2) is 0 Å². The number of halogens is 1. The molecule has 4 heterocycles. The molecule has 1 atom stereocenters. The third kappa shape index (κ3) is 3.93. The molecule has 2 aliphatic heterocycles. The SMILES string of the molecule is O=C(c1ccncc1)N1CCC[C@H]1c1nc2c(c(=O)[nH]1)CN(Cc1ccccc1F)CC2. The second kappa shape index (κ2) is 8.63. The first-order valence-corrected chi connectivity index (χ1v) is 10.9. The summed E-state index contributed by atoms with van der Waals surface area (Å²) >= 11 is 0. The summed E-state index contributed by atoms with van der Waals surface area (Å²) in [7, 11) is 0. The highest BCUT2D eigenvalue weighted by Crippen LogP contribution is 2.31. The molecule has 0 bridgehead atoms. The Balaban J connectivity index is 1.37. The number of fused-ring (bicyclic) bond motifs is 1. The quantitative estimate of drug-likeness (QED) is 0.684. The third-order valence-corrected chi connectivity index (χ3v) is 6.27. The van der Waals surface area contributed by atoms with Crippen molar-refractivity contribution in [2.75, 3.05) is 13.1 Å². The molecule has 2 aromatic heterocycles. The number of aromatic amines is 1. The average molecular weight is 433 g/mol. The third-order valence-electron chi connectivity index (χ3n) is 6.27. The van der Waals surface area contributed by atoms with Crippen LogP contribution in [0.4, 0.5) is 4.39 Å². The van der Waals surface area contributed by atoms with E-state index >= 15 is 0 Å². The van der Waals surface area contributed by atoms with Gasteiger partial charge in [0.2, 0.25) is 0 Å². The van der Waals surface area contributed by atoms with Crippen LogP contribution in [0, 0.1) is 5.82 Å². The van der Waals surface area contributed by atoms with Gasteiger partial charge in [0.25, 0.3) is 11.5 Å². The van der Waals surface area contributed by atoms with Gasteiger partial charge in [0.1, 0.15) is 11.6 Å². The van der Waals surface area contributed by atoms with Crippen LogP contribution in [0.15, 0.2) is 53.6 Å². The molecule has 8 heteroatoms. The van der Waals surface area contributed by atoms with Crippen LogP contribution in [0.25, 0.3) is 0 Å². The standard InChI is InChI=1S/C24H24FN5O2/c25-19-5-2-1-4-17(19)14-29-13-9-20-18(15-29)23(31)28-22(27-20)21-6-3-12-30(21)24(32)16-7-10-26-11-8-16/h1-2,4-5,7-8,10-11,21H,3,6,9,12-15H2,(H,27,28,31)/t21-/m0/s1. The summed E-state index contributed by atoms with van der Waals surface area (Å²) in [4.78, 5) is 41.5. The van der Waals surface area contributed by atoms with Crippen molar-refractivity contribution in [2.45, 2.75) is 38.4 Å². The van der Waals surface area contributed by atoms with Crippen LogP contribution in [0.2, 0.25) is 0 Å². The number of H-pyrrole nitrogens is 1. The number of hydrogen-bond donors (Lipinski definition) is 1. The van der Waals surface area contributed by atoms with Gasteiger partial charge in [0, 0.05) is 56.1 Å². The fourth-order valence-corrected chi connectivity index (χ4v) is 4.61. The van der Waals surface area contributed by atoms with E-state index < -0.39 is 0 Å². The fourth-order valence-electron chi connectivity index (χ4n) is 4.61. The molecule has 0 aliphatic carbocycles. The summed E-state index contributed by atoms with van der Waals surface area (Å²) in [5, 5.41) is 0. The van der Waals surface area contributed by atoms with Crippen LogP contribution in [0.5, 0.6) is 0 Å². The maximum absolute atomic E-state index is 14.0. The van der Waals surface area contributed by atoms with Gasteiger partial charge in [-0.3, -0.25) is 19.5 Å². The second-order valence-electron chi connectivity index (χ2n) is 8.32. The highest BCUT2D eigenvalue weighted by Gasteiger charge is 2.33. The summed E-state index contributed by atoms with van der Waals surface area (Å²) in [6.45, 7) is 2.20. The molecule has 3 aromatic rings. The zero-order chi connectivity index (χ0) is 22.1. The number of amides is 1. The monoisotopic (exact) mass is 433 g/mol. The maximum Gasteiger partial charge on any atom is 0.255 e. The summed E-state index contributed by atoms with van der Waals surface area (Å²) in [6.07, 6.45) is 5.44. The molecule has 32 heavy (non-hydrogen) atoms. The number of nitrogens with one attached hydrogen (secondary N) is 1. The number of benzene rings is 1. The Hall–Kier alpha value is -3.39. The molecule has 0 saturated carbocycles. The number of likely N-dealkylation sites (tertiary alicyclic amines) is 1. The molecule has 2 aliphatic rings. The Morgan fingerprint density at radius 2 is 1.97 bits per heavy atom. The summed E-state index contributed by atoms with van der Waals surface area (Å²) < 4.78 is 14.0. The summed E-state index contributed by atoms with van der Waals surface area (Å²) in [6, 6.07) is 9.86. The average Bonchev–Trinajstić information content (AvgIpc) is 3.31. The zero-order valence-corrected chi connectivity index (χ0v) is 17.6. The number of hydrogen-bond acceptors (Lipinski definition) is 5. The minimum Gasteiger partial charge on any atom is -0.328 e. The molecular formula is C24H24FN5O2. The number of carbonyl (C=O) groups excluding carboxylic acids is 1. The van der Waals surface area contributed by atoms with Gasteiger partial charge in [-0.15, -0.1) is 0 Å². The Labute approximate surface area is 184 Å². The molecule has 0 radical (unpaired) electrons. The molecule has 0 unspecified atom stereocenters. The molecule has 1 aromatic carbocycles. The van der Waals surface area contributed by atoms with Crippen molar-refractivity contribution in [2.24, 2.45) is 0 Å². The van der Waals surface area contributed by atoms with Gasteiger partial charge >= 0.3 is 0 Å². The molecule has 1 saturated heterocycles. The largest absolute Gasteiger partial charge is 0.328 e. The molecule has 5 rings (SSSR count). The smallest absolute Gasteiger partial charge is 0.255 e. The molecular weight excluding hydrogens is 409 g/mol. The van der Waals surface area contributed by atoms with Gasteiger partial charge in [-0.1, -0.05) is 18.2 Å². The van der Waals surface area contributed by atoms with Crippen LogP contribution >= 0.6 is 0 Å². The Bertz CT molecular complexity index is 1200. The van der Waals surface area contributed by atoms with Gasteiger partial charge in [-0.2, -0.15) is 0 Å². The van der Waals surface area contributed by atoms with Gasteiger partial charge in [-0.25, -0.2) is 9.37 Å². The summed E-state index contributed by atoms with van der Waals surface area (Å²) in [5.41, 5.74) is 2.42. The lowest BCUT2D eigenvalue weighted by Gasteiger charge is -2.29. The zero-order valence-electron chi connectivity index (χ0n) is 17.6. The Kier molecular flexibility index (Phi) is 5.53. The number of nitrogens with zero attached hydrogens (tertiary/aromatic N) is 4. The van der Waals surface area contributed by atoms with E-state index in [9.17, 15) is 14.0 Å². The van der Waals surface area contributed by atoms with E-state index in [-0.39, 0.29) is 23.3 Å². The highest BCUT2D eigenvalue weighted by atomic mass is 19.1. The van der Waals surface area contributed by atoms with Crippen molar-refractivity contribution in [3.05, 3.63) is 93.2 Å². The van der Waals surface area contributed by atoms with Crippen LogP contribution in [-0.4, -0.2) is 43.7 Å². The molecule has 0 spiro atoms. The number of aromatic nitrogens is 3. The first kappa shape index (κ1) is 20.5. The van der Waals surface area contributed by atoms with E-state index in [1.807, 2.05) is 6.07 Å². The van der Waals surface area contributed by atoms with Crippen LogP contribution < -0.4 is 5.56 Å². The summed E-state index contributed by atoms with van der Waals surface area (Å²) in [5.74, 6) is 0.239. The normalized spacial score (nSPS) is 18.5. The lowest BCUT2D eigenvalue weighted by atomic mass is 10.0. The van der Waals surface area contributed by atoms with Crippen molar-refractivity contribution < 1.29 is 9.18 Å². The van der Waals surface area contributed by atoms with Crippen LogP contribution in [0.1, 0.15) is 51.9 Å². The van der Waals surface area contributed by atoms with E-state index in [4.69, 9.17) is 4.98 Å². The lowest BCUT2D eigenvalue weighted by molar-refractivity contribution is 0.0729. The van der Waals surface area contributed by atoms with Crippen molar-refractivity contribution in [3.63, 3.8) is 0 Å².